The third kappa shape index (κ3) is 3.31. The second-order valence-electron chi connectivity index (χ2n) is 4.36. The number of aromatic carboxylic acids is 1. The van der Waals surface area contributed by atoms with Crippen molar-refractivity contribution >= 4 is 17.6 Å². The van der Waals surface area contributed by atoms with Crippen molar-refractivity contribution in [1.29, 1.82) is 0 Å². The average Bonchev–Trinajstić information content (AvgIpc) is 2.46. The molecule has 4 heteroatoms. The molecule has 2 aromatic rings. The van der Waals surface area contributed by atoms with Gasteiger partial charge >= 0.3 is 5.97 Å². The smallest absolute Gasteiger partial charge is 0.336 e. The molecule has 0 aliphatic heterocycles. The van der Waals surface area contributed by atoms with Crippen molar-refractivity contribution in [3.05, 3.63) is 64.2 Å². The predicted molar refractivity (Wildman–Crippen MR) is 78.6 cm³/mol. The number of benzene rings is 2. The fourth-order valence-corrected chi connectivity index (χ4v) is 2.18. The van der Waals surface area contributed by atoms with Crippen LogP contribution in [0, 0.1) is 0 Å². The molecular weight excluding hydrogens is 276 g/mol. The molecule has 20 heavy (non-hydrogen) atoms. The van der Waals surface area contributed by atoms with Crippen molar-refractivity contribution in [3.8, 4) is 5.75 Å². The quantitative estimate of drug-likeness (QED) is 0.898. The van der Waals surface area contributed by atoms with Crippen LogP contribution in [0.2, 0.25) is 5.02 Å². The highest BCUT2D eigenvalue weighted by Crippen LogP contribution is 2.23. The zero-order valence-electron chi connectivity index (χ0n) is 11.1. The third-order valence-electron chi connectivity index (χ3n) is 3.04. The van der Waals surface area contributed by atoms with Gasteiger partial charge in [0.1, 0.15) is 12.4 Å². The van der Waals surface area contributed by atoms with Crippen molar-refractivity contribution in [1.82, 2.24) is 0 Å². The Balaban J connectivity index is 2.15. The Morgan fingerprint density at radius 1 is 1.20 bits per heavy atom. The van der Waals surface area contributed by atoms with Gasteiger partial charge in [0.05, 0.1) is 5.56 Å². The molecular formula is C16H15ClO3. The number of carbonyl (C=O) groups is 1. The normalized spacial score (nSPS) is 10.3. The largest absolute Gasteiger partial charge is 0.489 e. The Morgan fingerprint density at radius 2 is 1.95 bits per heavy atom. The van der Waals surface area contributed by atoms with E-state index in [1.807, 2.05) is 13.0 Å². The summed E-state index contributed by atoms with van der Waals surface area (Å²) in [7, 11) is 0. The Kier molecular flexibility index (Phi) is 4.64. The van der Waals surface area contributed by atoms with E-state index in [1.165, 1.54) is 0 Å². The summed E-state index contributed by atoms with van der Waals surface area (Å²) < 4.78 is 5.66. The lowest BCUT2D eigenvalue weighted by molar-refractivity contribution is 0.0694. The molecule has 2 rings (SSSR count). The van der Waals surface area contributed by atoms with E-state index < -0.39 is 5.97 Å². The van der Waals surface area contributed by atoms with Gasteiger partial charge in [-0.2, -0.15) is 0 Å². The predicted octanol–water partition coefficient (Wildman–Crippen LogP) is 4.18. The van der Waals surface area contributed by atoms with Crippen LogP contribution < -0.4 is 4.74 Å². The summed E-state index contributed by atoms with van der Waals surface area (Å²) in [6.45, 7) is 2.23. The molecule has 0 atom stereocenters. The molecule has 0 radical (unpaired) electrons. The van der Waals surface area contributed by atoms with Crippen molar-refractivity contribution in [2.75, 3.05) is 0 Å². The monoisotopic (exact) mass is 290 g/mol. The van der Waals surface area contributed by atoms with Gasteiger partial charge in [-0.25, -0.2) is 4.79 Å². The SMILES string of the molecule is CCc1cc(OCc2ccccc2C(=O)O)ccc1Cl. The highest BCUT2D eigenvalue weighted by molar-refractivity contribution is 6.31. The lowest BCUT2D eigenvalue weighted by Crippen LogP contribution is -2.05. The summed E-state index contributed by atoms with van der Waals surface area (Å²) in [5.74, 6) is -0.263. The molecule has 0 aromatic heterocycles. The van der Waals surface area contributed by atoms with Gasteiger partial charge in [0.2, 0.25) is 0 Å². The van der Waals surface area contributed by atoms with E-state index >= 15 is 0 Å². The number of aryl methyl sites for hydroxylation is 1. The zero-order valence-corrected chi connectivity index (χ0v) is 11.9. The first-order valence-corrected chi connectivity index (χ1v) is 6.72. The number of hydrogen-bond acceptors (Lipinski definition) is 2. The summed E-state index contributed by atoms with van der Waals surface area (Å²) in [5.41, 5.74) is 1.92. The molecule has 3 nitrogen and oxygen atoms in total. The van der Waals surface area contributed by atoms with Gasteiger partial charge in [0.15, 0.2) is 0 Å². The van der Waals surface area contributed by atoms with E-state index in [-0.39, 0.29) is 12.2 Å². The molecule has 0 saturated heterocycles. The fourth-order valence-electron chi connectivity index (χ4n) is 1.93. The number of ether oxygens (including phenoxy) is 1. The van der Waals surface area contributed by atoms with Crippen molar-refractivity contribution in [2.45, 2.75) is 20.0 Å². The van der Waals surface area contributed by atoms with Crippen LogP contribution in [0.25, 0.3) is 0 Å². The molecule has 0 bridgehead atoms. The molecule has 0 fully saturated rings. The number of hydrogen-bond donors (Lipinski definition) is 1. The Labute approximate surface area is 122 Å². The van der Waals surface area contributed by atoms with Crippen LogP contribution in [0.1, 0.15) is 28.4 Å². The minimum atomic E-state index is -0.949. The van der Waals surface area contributed by atoms with E-state index in [9.17, 15) is 4.79 Å². The minimum Gasteiger partial charge on any atom is -0.489 e. The number of carboxylic acid groups (broad SMARTS) is 1. The summed E-state index contributed by atoms with van der Waals surface area (Å²) in [6.07, 6.45) is 0.821. The summed E-state index contributed by atoms with van der Waals surface area (Å²) >= 11 is 6.05. The number of carboxylic acids is 1. The van der Waals surface area contributed by atoms with Crippen LogP contribution in [-0.2, 0) is 13.0 Å². The van der Waals surface area contributed by atoms with E-state index in [2.05, 4.69) is 0 Å². The maximum absolute atomic E-state index is 11.1. The zero-order chi connectivity index (χ0) is 14.5. The summed E-state index contributed by atoms with van der Waals surface area (Å²) in [4.78, 5) is 11.1. The molecule has 0 amide bonds. The van der Waals surface area contributed by atoms with E-state index in [1.54, 1.807) is 36.4 Å². The van der Waals surface area contributed by atoms with Crippen LogP contribution in [0.3, 0.4) is 0 Å². The molecule has 1 N–H and O–H groups in total. The van der Waals surface area contributed by atoms with Gasteiger partial charge in [0.25, 0.3) is 0 Å². The molecule has 104 valence electrons. The summed E-state index contributed by atoms with van der Waals surface area (Å²) in [6, 6.07) is 12.3. The molecule has 0 spiro atoms. The molecule has 0 aliphatic carbocycles. The van der Waals surface area contributed by atoms with Crippen LogP contribution in [0.15, 0.2) is 42.5 Å². The van der Waals surface area contributed by atoms with Gasteiger partial charge in [-0.15, -0.1) is 0 Å². The van der Waals surface area contributed by atoms with Crippen LogP contribution in [-0.4, -0.2) is 11.1 Å². The molecule has 0 saturated carbocycles. The maximum atomic E-state index is 11.1. The van der Waals surface area contributed by atoms with Crippen molar-refractivity contribution in [2.24, 2.45) is 0 Å². The fraction of sp³-hybridized carbons (Fsp3) is 0.188. The molecule has 0 aliphatic rings. The van der Waals surface area contributed by atoms with Crippen molar-refractivity contribution < 1.29 is 14.6 Å². The van der Waals surface area contributed by atoms with Crippen LogP contribution >= 0.6 is 11.6 Å². The maximum Gasteiger partial charge on any atom is 0.336 e. The Bertz CT molecular complexity index is 623. The second kappa shape index (κ2) is 6.44. The molecule has 0 unspecified atom stereocenters. The van der Waals surface area contributed by atoms with Gasteiger partial charge in [-0.05, 0) is 36.2 Å². The van der Waals surface area contributed by atoms with Crippen molar-refractivity contribution in [3.63, 3.8) is 0 Å². The van der Waals surface area contributed by atoms with Crippen LogP contribution in [0.5, 0.6) is 5.75 Å². The summed E-state index contributed by atoms with van der Waals surface area (Å²) in [5, 5.41) is 9.82. The second-order valence-corrected chi connectivity index (χ2v) is 4.76. The lowest BCUT2D eigenvalue weighted by atomic mass is 10.1. The van der Waals surface area contributed by atoms with Gasteiger partial charge in [-0.1, -0.05) is 36.7 Å². The van der Waals surface area contributed by atoms with Crippen LogP contribution in [0.4, 0.5) is 0 Å². The van der Waals surface area contributed by atoms with Gasteiger partial charge < -0.3 is 9.84 Å². The topological polar surface area (TPSA) is 46.5 Å². The van der Waals surface area contributed by atoms with Gasteiger partial charge in [0, 0.05) is 10.6 Å². The highest BCUT2D eigenvalue weighted by atomic mass is 35.5. The van der Waals surface area contributed by atoms with Gasteiger partial charge in [-0.3, -0.25) is 0 Å². The van der Waals surface area contributed by atoms with E-state index in [4.69, 9.17) is 21.4 Å². The Hall–Kier alpha value is -2.00. The molecule has 2 aromatic carbocycles. The third-order valence-corrected chi connectivity index (χ3v) is 3.41. The highest BCUT2D eigenvalue weighted by Gasteiger charge is 2.09. The number of rotatable bonds is 5. The minimum absolute atomic E-state index is 0.216. The standard InChI is InChI=1S/C16H15ClO3/c1-2-11-9-13(7-8-15(11)17)20-10-12-5-3-4-6-14(12)16(18)19/h3-9H,2,10H2,1H3,(H,18,19). The first-order valence-electron chi connectivity index (χ1n) is 6.34. The first kappa shape index (κ1) is 14.4. The lowest BCUT2D eigenvalue weighted by Gasteiger charge is -2.10. The molecule has 0 heterocycles. The van der Waals surface area contributed by atoms with E-state index in [0.717, 1.165) is 12.0 Å². The van der Waals surface area contributed by atoms with E-state index in [0.29, 0.717) is 16.3 Å². The Morgan fingerprint density at radius 3 is 2.65 bits per heavy atom. The number of halogens is 1. The average molecular weight is 291 g/mol. The first-order chi connectivity index (χ1) is 9.61.